The van der Waals surface area contributed by atoms with E-state index in [1.165, 1.54) is 13.2 Å². The van der Waals surface area contributed by atoms with Crippen molar-refractivity contribution in [3.63, 3.8) is 0 Å². The van der Waals surface area contributed by atoms with Gasteiger partial charge in [-0.25, -0.2) is 9.59 Å². The van der Waals surface area contributed by atoms with Gasteiger partial charge in [-0.05, 0) is 37.3 Å². The molecule has 0 aliphatic carbocycles. The van der Waals surface area contributed by atoms with Gasteiger partial charge < -0.3 is 19.5 Å². The Morgan fingerprint density at radius 2 is 1.77 bits per heavy atom. The maximum absolute atomic E-state index is 12.1. The summed E-state index contributed by atoms with van der Waals surface area (Å²) in [6, 6.07) is 12.8. The summed E-state index contributed by atoms with van der Waals surface area (Å²) < 4.78 is 15.0. The minimum atomic E-state index is -0.552. The molecule has 1 amide bonds. The van der Waals surface area contributed by atoms with Gasteiger partial charge in [0.25, 0.3) is 5.91 Å². The summed E-state index contributed by atoms with van der Waals surface area (Å²) in [5.74, 6) is -1.12. The van der Waals surface area contributed by atoms with Crippen molar-refractivity contribution in [3.05, 3.63) is 59.7 Å². The quantitative estimate of drug-likeness (QED) is 0.766. The summed E-state index contributed by atoms with van der Waals surface area (Å²) in [4.78, 5) is 35.5. The van der Waals surface area contributed by atoms with Crippen molar-refractivity contribution >= 4 is 23.5 Å². The Bertz CT molecular complexity index is 802. The first-order valence-corrected chi connectivity index (χ1v) is 7.92. The lowest BCUT2D eigenvalue weighted by molar-refractivity contribution is -0.118. The SMILES string of the molecule is CCOC(=O)c1cccc(OCC(=O)Nc2ccccc2C(=O)OC)c1. The van der Waals surface area contributed by atoms with E-state index < -0.39 is 17.8 Å². The molecule has 0 aliphatic rings. The highest BCUT2D eigenvalue weighted by atomic mass is 16.5. The maximum atomic E-state index is 12.1. The van der Waals surface area contributed by atoms with E-state index in [9.17, 15) is 14.4 Å². The van der Waals surface area contributed by atoms with Crippen LogP contribution in [0.4, 0.5) is 5.69 Å². The second-order valence-electron chi connectivity index (χ2n) is 5.12. The minimum Gasteiger partial charge on any atom is -0.484 e. The lowest BCUT2D eigenvalue weighted by atomic mass is 10.2. The van der Waals surface area contributed by atoms with E-state index in [1.54, 1.807) is 49.4 Å². The third kappa shape index (κ3) is 5.07. The molecular weight excluding hydrogens is 338 g/mol. The second-order valence-corrected chi connectivity index (χ2v) is 5.12. The van der Waals surface area contributed by atoms with Crippen LogP contribution in [0.15, 0.2) is 48.5 Å². The number of hydrogen-bond donors (Lipinski definition) is 1. The van der Waals surface area contributed by atoms with Gasteiger partial charge in [0.1, 0.15) is 5.75 Å². The summed E-state index contributed by atoms with van der Waals surface area (Å²) in [5.41, 5.74) is 0.904. The fourth-order valence-electron chi connectivity index (χ4n) is 2.14. The molecule has 0 bridgehead atoms. The van der Waals surface area contributed by atoms with Crippen LogP contribution in [-0.2, 0) is 14.3 Å². The van der Waals surface area contributed by atoms with Crippen LogP contribution in [0.1, 0.15) is 27.6 Å². The Kier molecular flexibility index (Phi) is 6.73. The molecule has 26 heavy (non-hydrogen) atoms. The van der Waals surface area contributed by atoms with Crippen molar-refractivity contribution in [1.82, 2.24) is 0 Å². The van der Waals surface area contributed by atoms with Gasteiger partial charge in [-0.1, -0.05) is 18.2 Å². The number of methoxy groups -OCH3 is 1. The zero-order valence-electron chi connectivity index (χ0n) is 14.5. The molecule has 0 atom stereocenters. The van der Waals surface area contributed by atoms with Crippen LogP contribution in [-0.4, -0.2) is 38.2 Å². The standard InChI is InChI=1S/C19H19NO6/c1-3-25-18(22)13-7-6-8-14(11-13)26-12-17(21)20-16-10-5-4-9-15(16)19(23)24-2/h4-11H,3,12H2,1-2H3,(H,20,21). The largest absolute Gasteiger partial charge is 0.484 e. The molecule has 0 saturated heterocycles. The molecule has 0 saturated carbocycles. The highest BCUT2D eigenvalue weighted by molar-refractivity contribution is 6.01. The van der Waals surface area contributed by atoms with Crippen molar-refractivity contribution < 1.29 is 28.6 Å². The third-order valence-electron chi connectivity index (χ3n) is 3.32. The summed E-state index contributed by atoms with van der Waals surface area (Å²) in [5, 5.41) is 2.60. The number of esters is 2. The molecule has 0 aliphatic heterocycles. The van der Waals surface area contributed by atoms with E-state index >= 15 is 0 Å². The molecular formula is C19H19NO6. The fourth-order valence-corrected chi connectivity index (χ4v) is 2.14. The van der Waals surface area contributed by atoms with Gasteiger partial charge in [-0.15, -0.1) is 0 Å². The highest BCUT2D eigenvalue weighted by Gasteiger charge is 2.14. The Morgan fingerprint density at radius 1 is 1.00 bits per heavy atom. The van der Waals surface area contributed by atoms with E-state index in [4.69, 9.17) is 9.47 Å². The van der Waals surface area contributed by atoms with Gasteiger partial charge >= 0.3 is 11.9 Å². The van der Waals surface area contributed by atoms with Crippen molar-refractivity contribution in [2.45, 2.75) is 6.92 Å². The molecule has 2 rings (SSSR count). The van der Waals surface area contributed by atoms with Crippen LogP contribution in [0.2, 0.25) is 0 Å². The number of para-hydroxylation sites is 1. The zero-order valence-corrected chi connectivity index (χ0v) is 14.5. The van der Waals surface area contributed by atoms with E-state index in [-0.39, 0.29) is 18.8 Å². The predicted octanol–water partition coefficient (Wildman–Crippen LogP) is 2.67. The van der Waals surface area contributed by atoms with Gasteiger partial charge in [0, 0.05) is 0 Å². The molecule has 0 radical (unpaired) electrons. The number of ether oxygens (including phenoxy) is 3. The van der Waals surface area contributed by atoms with Crippen LogP contribution in [0.25, 0.3) is 0 Å². The third-order valence-corrected chi connectivity index (χ3v) is 3.32. The number of rotatable bonds is 7. The minimum absolute atomic E-state index is 0.243. The molecule has 0 spiro atoms. The summed E-state index contributed by atoms with van der Waals surface area (Å²) in [6.45, 7) is 1.70. The topological polar surface area (TPSA) is 90.9 Å². The lowest BCUT2D eigenvalue weighted by Crippen LogP contribution is -2.21. The molecule has 136 valence electrons. The Labute approximate surface area is 150 Å². The Hall–Kier alpha value is -3.35. The van der Waals surface area contributed by atoms with Crippen LogP contribution in [0.3, 0.4) is 0 Å². The number of amides is 1. The molecule has 2 aromatic rings. The second kappa shape index (κ2) is 9.22. The maximum Gasteiger partial charge on any atom is 0.339 e. The molecule has 7 heteroatoms. The molecule has 2 aromatic carbocycles. The Balaban J connectivity index is 1.99. The van der Waals surface area contributed by atoms with Crippen molar-refractivity contribution in [2.75, 3.05) is 25.6 Å². The predicted molar refractivity (Wildman–Crippen MR) is 94.3 cm³/mol. The smallest absolute Gasteiger partial charge is 0.339 e. The lowest BCUT2D eigenvalue weighted by Gasteiger charge is -2.11. The highest BCUT2D eigenvalue weighted by Crippen LogP contribution is 2.17. The van der Waals surface area contributed by atoms with Crippen molar-refractivity contribution in [3.8, 4) is 5.75 Å². The van der Waals surface area contributed by atoms with Gasteiger partial charge in [-0.2, -0.15) is 0 Å². The first-order valence-electron chi connectivity index (χ1n) is 7.92. The van der Waals surface area contributed by atoms with Gasteiger partial charge in [0.2, 0.25) is 0 Å². The molecule has 1 N–H and O–H groups in total. The summed E-state index contributed by atoms with van der Waals surface area (Å²) >= 11 is 0. The van der Waals surface area contributed by atoms with Crippen LogP contribution >= 0.6 is 0 Å². The average molecular weight is 357 g/mol. The first kappa shape index (κ1) is 19.0. The Morgan fingerprint density at radius 3 is 2.50 bits per heavy atom. The summed E-state index contributed by atoms with van der Waals surface area (Å²) in [7, 11) is 1.26. The van der Waals surface area contributed by atoms with E-state index in [1.807, 2.05) is 0 Å². The van der Waals surface area contributed by atoms with E-state index in [0.717, 1.165) is 0 Å². The number of hydrogen-bond acceptors (Lipinski definition) is 6. The number of anilines is 1. The molecule has 7 nitrogen and oxygen atoms in total. The van der Waals surface area contributed by atoms with E-state index in [0.29, 0.717) is 17.0 Å². The van der Waals surface area contributed by atoms with Gasteiger partial charge in [-0.3, -0.25) is 4.79 Å². The van der Waals surface area contributed by atoms with Crippen molar-refractivity contribution in [1.29, 1.82) is 0 Å². The van der Waals surface area contributed by atoms with Crippen LogP contribution in [0.5, 0.6) is 5.75 Å². The number of nitrogens with one attached hydrogen (secondary N) is 1. The normalized spacial score (nSPS) is 9.92. The molecule has 0 fully saturated rings. The van der Waals surface area contributed by atoms with Crippen molar-refractivity contribution in [2.24, 2.45) is 0 Å². The monoisotopic (exact) mass is 357 g/mol. The fraction of sp³-hybridized carbons (Fsp3) is 0.211. The molecule has 0 heterocycles. The van der Waals surface area contributed by atoms with Gasteiger partial charge in [0.15, 0.2) is 6.61 Å². The molecule has 0 unspecified atom stereocenters. The number of carbonyl (C=O) groups is 3. The number of benzene rings is 2. The van der Waals surface area contributed by atoms with Gasteiger partial charge in [0.05, 0.1) is 30.5 Å². The van der Waals surface area contributed by atoms with Crippen LogP contribution in [0, 0.1) is 0 Å². The zero-order chi connectivity index (χ0) is 18.9. The molecule has 0 aromatic heterocycles. The number of carbonyl (C=O) groups excluding carboxylic acids is 3. The summed E-state index contributed by atoms with van der Waals surface area (Å²) in [6.07, 6.45) is 0. The first-order chi connectivity index (χ1) is 12.5. The van der Waals surface area contributed by atoms with E-state index in [2.05, 4.69) is 10.1 Å². The van der Waals surface area contributed by atoms with Crippen LogP contribution < -0.4 is 10.1 Å². The average Bonchev–Trinajstić information content (AvgIpc) is 2.66.